The second kappa shape index (κ2) is 12.2. The number of nitrogens with zero attached hydrogens (tertiary/aromatic N) is 2. The van der Waals surface area contributed by atoms with Crippen LogP contribution in [0.25, 0.3) is 6.08 Å². The topological polar surface area (TPSA) is 79.1 Å². The maximum atomic E-state index is 14.0. The van der Waals surface area contributed by atoms with Crippen LogP contribution in [-0.2, 0) is 16.1 Å². The van der Waals surface area contributed by atoms with Gasteiger partial charge in [-0.3, -0.25) is 9.36 Å². The van der Waals surface area contributed by atoms with Gasteiger partial charge < -0.3 is 14.2 Å². The van der Waals surface area contributed by atoms with E-state index in [9.17, 15) is 9.59 Å². The number of benzene rings is 3. The Morgan fingerprint density at radius 2 is 1.62 bits per heavy atom. The van der Waals surface area contributed by atoms with Crippen LogP contribution < -0.4 is 24.4 Å². The summed E-state index contributed by atoms with van der Waals surface area (Å²) in [5, 5.41) is 0. The summed E-state index contributed by atoms with van der Waals surface area (Å²) in [6, 6.07) is 24.2. The number of hydrogen-bond acceptors (Lipinski definition) is 7. The molecule has 0 aliphatic carbocycles. The van der Waals surface area contributed by atoms with Crippen molar-refractivity contribution in [1.29, 1.82) is 0 Å². The Hall–Kier alpha value is -4.43. The van der Waals surface area contributed by atoms with Gasteiger partial charge in [-0.05, 0) is 44.5 Å². The molecule has 0 radical (unpaired) electrons. The van der Waals surface area contributed by atoms with Crippen molar-refractivity contribution < 1.29 is 19.0 Å². The van der Waals surface area contributed by atoms with E-state index in [-0.39, 0.29) is 12.2 Å². The number of esters is 1. The molecule has 0 amide bonds. The van der Waals surface area contributed by atoms with Gasteiger partial charge in [-0.1, -0.05) is 78.1 Å². The highest BCUT2D eigenvalue weighted by Gasteiger charge is 2.35. The van der Waals surface area contributed by atoms with E-state index in [1.165, 1.54) is 11.3 Å². The Morgan fingerprint density at radius 3 is 2.38 bits per heavy atom. The molecule has 1 aliphatic rings. The Balaban J connectivity index is 1.64. The number of thiazole rings is 1. The average Bonchev–Trinajstić information content (AvgIpc) is 3.27. The lowest BCUT2D eigenvalue weighted by molar-refractivity contribution is -0.139. The molecule has 204 valence electrons. The molecule has 3 aromatic carbocycles. The molecule has 0 bridgehead atoms. The molecule has 2 heterocycles. The van der Waals surface area contributed by atoms with Gasteiger partial charge in [-0.15, -0.1) is 0 Å². The van der Waals surface area contributed by atoms with Crippen molar-refractivity contribution in [2.75, 3.05) is 13.2 Å². The first-order valence-electron chi connectivity index (χ1n) is 13.2. The zero-order valence-electron chi connectivity index (χ0n) is 22.6. The van der Waals surface area contributed by atoms with E-state index >= 15 is 0 Å². The average molecular weight is 555 g/mol. The number of ether oxygens (including phenoxy) is 3. The summed E-state index contributed by atoms with van der Waals surface area (Å²) in [6.07, 6.45) is 1.82. The lowest BCUT2D eigenvalue weighted by Crippen LogP contribution is -2.40. The number of rotatable bonds is 9. The van der Waals surface area contributed by atoms with Crippen LogP contribution in [0.15, 0.2) is 99.9 Å². The highest BCUT2D eigenvalue weighted by molar-refractivity contribution is 7.07. The molecule has 8 heteroatoms. The van der Waals surface area contributed by atoms with Gasteiger partial charge in [-0.25, -0.2) is 9.79 Å². The molecule has 0 saturated heterocycles. The summed E-state index contributed by atoms with van der Waals surface area (Å²) >= 11 is 1.27. The van der Waals surface area contributed by atoms with Crippen LogP contribution in [0.3, 0.4) is 0 Å². The molecule has 1 atom stereocenters. The molecular weight excluding hydrogens is 524 g/mol. The van der Waals surface area contributed by atoms with Crippen molar-refractivity contribution in [1.82, 2.24) is 4.57 Å². The normalized spacial score (nSPS) is 14.9. The summed E-state index contributed by atoms with van der Waals surface area (Å²) in [6.45, 7) is 6.47. The fourth-order valence-corrected chi connectivity index (χ4v) is 5.72. The Bertz CT molecular complexity index is 1740. The zero-order valence-corrected chi connectivity index (χ0v) is 23.4. The summed E-state index contributed by atoms with van der Waals surface area (Å²) in [5.74, 6) is 0.758. The first kappa shape index (κ1) is 27.1. The summed E-state index contributed by atoms with van der Waals surface area (Å²) in [4.78, 5) is 32.4. The minimum absolute atomic E-state index is 0.208. The first-order valence-corrected chi connectivity index (χ1v) is 14.0. The van der Waals surface area contributed by atoms with Gasteiger partial charge in [-0.2, -0.15) is 0 Å². The second-order valence-electron chi connectivity index (χ2n) is 9.09. The highest BCUT2D eigenvalue weighted by atomic mass is 32.1. The third-order valence-electron chi connectivity index (χ3n) is 6.47. The van der Waals surface area contributed by atoms with E-state index in [1.807, 2.05) is 91.9 Å². The van der Waals surface area contributed by atoms with Crippen molar-refractivity contribution >= 4 is 23.4 Å². The predicted molar refractivity (Wildman–Crippen MR) is 155 cm³/mol. The van der Waals surface area contributed by atoms with Gasteiger partial charge in [0.1, 0.15) is 24.1 Å². The van der Waals surface area contributed by atoms with Crippen molar-refractivity contribution in [3.8, 4) is 11.5 Å². The molecule has 0 spiro atoms. The van der Waals surface area contributed by atoms with Gasteiger partial charge >= 0.3 is 5.97 Å². The number of aromatic nitrogens is 1. The third kappa shape index (κ3) is 5.49. The Morgan fingerprint density at radius 1 is 0.925 bits per heavy atom. The number of carbonyl (C=O) groups is 1. The molecule has 0 unspecified atom stereocenters. The molecule has 0 fully saturated rings. The lowest BCUT2D eigenvalue weighted by atomic mass is 9.95. The third-order valence-corrected chi connectivity index (χ3v) is 7.46. The van der Waals surface area contributed by atoms with Crippen LogP contribution in [0.5, 0.6) is 11.5 Å². The predicted octanol–water partition coefficient (Wildman–Crippen LogP) is 4.78. The number of allylic oxidation sites excluding steroid dienone is 1. The zero-order chi connectivity index (χ0) is 28.1. The van der Waals surface area contributed by atoms with Gasteiger partial charge in [0.15, 0.2) is 4.80 Å². The van der Waals surface area contributed by atoms with Gasteiger partial charge in [0, 0.05) is 11.1 Å². The fourth-order valence-electron chi connectivity index (χ4n) is 4.69. The Kier molecular flexibility index (Phi) is 8.26. The lowest BCUT2D eigenvalue weighted by Gasteiger charge is -2.26. The van der Waals surface area contributed by atoms with Crippen molar-refractivity contribution in [3.63, 3.8) is 0 Å². The highest BCUT2D eigenvalue weighted by Crippen LogP contribution is 2.35. The molecule has 0 N–H and O–H groups in total. The maximum absolute atomic E-state index is 14.0. The first-order chi connectivity index (χ1) is 19.5. The molecule has 0 saturated carbocycles. The monoisotopic (exact) mass is 554 g/mol. The van der Waals surface area contributed by atoms with Crippen LogP contribution in [0.4, 0.5) is 0 Å². The SMILES string of the molecule is CCOC(=O)C1=C(C)N=c2s/c(=C\c3ccccc3OCc3ccccc3)c(=O)n2[C@H]1c1ccccc1OCC. The van der Waals surface area contributed by atoms with Crippen molar-refractivity contribution in [2.24, 2.45) is 4.99 Å². The van der Waals surface area contributed by atoms with Crippen LogP contribution in [-0.4, -0.2) is 23.8 Å². The quantitative estimate of drug-likeness (QED) is 0.279. The number of carbonyl (C=O) groups excluding carboxylic acids is 1. The maximum Gasteiger partial charge on any atom is 0.338 e. The van der Waals surface area contributed by atoms with E-state index in [4.69, 9.17) is 14.2 Å². The molecule has 40 heavy (non-hydrogen) atoms. The van der Waals surface area contributed by atoms with Gasteiger partial charge in [0.2, 0.25) is 0 Å². The van der Waals surface area contributed by atoms with E-state index < -0.39 is 12.0 Å². The molecule has 4 aromatic rings. The van der Waals surface area contributed by atoms with Gasteiger partial charge in [0.05, 0.1) is 29.0 Å². The molecule has 1 aromatic heterocycles. The van der Waals surface area contributed by atoms with E-state index in [1.54, 1.807) is 18.4 Å². The summed E-state index contributed by atoms with van der Waals surface area (Å²) in [7, 11) is 0. The second-order valence-corrected chi connectivity index (χ2v) is 10.1. The number of fused-ring (bicyclic) bond motifs is 1. The van der Waals surface area contributed by atoms with Crippen LogP contribution in [0.1, 0.15) is 43.5 Å². The van der Waals surface area contributed by atoms with Gasteiger partial charge in [0.25, 0.3) is 5.56 Å². The molecular formula is C32H30N2O5S. The fraction of sp³-hybridized carbons (Fsp3) is 0.219. The van der Waals surface area contributed by atoms with Crippen LogP contribution >= 0.6 is 11.3 Å². The molecule has 7 nitrogen and oxygen atoms in total. The van der Waals surface area contributed by atoms with E-state index in [0.29, 0.717) is 50.9 Å². The van der Waals surface area contributed by atoms with E-state index in [2.05, 4.69) is 4.99 Å². The summed E-state index contributed by atoms with van der Waals surface area (Å²) in [5.41, 5.74) is 3.09. The molecule has 5 rings (SSSR count). The Labute approximate surface area is 236 Å². The standard InChI is InChI=1S/C32H30N2O5S/c1-4-37-26-18-12-10-16-24(26)29-28(31(36)38-5-2)21(3)33-32-34(29)30(35)27(40-32)19-23-15-9-11-17-25(23)39-20-22-13-7-6-8-14-22/h6-19,29H,4-5,20H2,1-3H3/b27-19-/t29-/m0/s1. The van der Waals surface area contributed by atoms with Crippen molar-refractivity contribution in [2.45, 2.75) is 33.4 Å². The van der Waals surface area contributed by atoms with Crippen LogP contribution in [0, 0.1) is 0 Å². The van der Waals surface area contributed by atoms with Crippen LogP contribution in [0.2, 0.25) is 0 Å². The number of hydrogen-bond donors (Lipinski definition) is 0. The summed E-state index contributed by atoms with van der Waals surface area (Å²) < 4.78 is 19.5. The van der Waals surface area contributed by atoms with Crippen molar-refractivity contribution in [3.05, 3.63) is 127 Å². The smallest absolute Gasteiger partial charge is 0.338 e. The number of para-hydroxylation sites is 2. The minimum Gasteiger partial charge on any atom is -0.494 e. The minimum atomic E-state index is -0.746. The molecule has 1 aliphatic heterocycles. The van der Waals surface area contributed by atoms with E-state index in [0.717, 1.165) is 11.1 Å². The largest absolute Gasteiger partial charge is 0.494 e.